The predicted molar refractivity (Wildman–Crippen MR) is 197 cm³/mol. The van der Waals surface area contributed by atoms with Crippen LogP contribution in [0, 0.1) is 5.92 Å². The van der Waals surface area contributed by atoms with Gasteiger partial charge < -0.3 is 9.13 Å². The van der Waals surface area contributed by atoms with E-state index in [4.69, 9.17) is 0 Å². The van der Waals surface area contributed by atoms with E-state index < -0.39 is 0 Å². The van der Waals surface area contributed by atoms with E-state index in [1.807, 2.05) is 0 Å². The van der Waals surface area contributed by atoms with Crippen molar-refractivity contribution >= 4 is 44.9 Å². The minimum atomic E-state index is -0.245. The van der Waals surface area contributed by atoms with Gasteiger partial charge in [-0.3, -0.25) is 0 Å². The Balaban J connectivity index is 1.34. The molecule has 2 heteroatoms. The van der Waals surface area contributed by atoms with Crippen molar-refractivity contribution < 1.29 is 0 Å². The molecule has 2 atom stereocenters. The average Bonchev–Trinajstić information content (AvgIpc) is 3.73. The first-order chi connectivity index (χ1) is 23.1. The molecule has 0 N–H and O–H groups in total. The molecule has 2 aromatic heterocycles. The Morgan fingerprint density at radius 1 is 0.596 bits per heavy atom. The fourth-order valence-electron chi connectivity index (χ4n) is 8.72. The van der Waals surface area contributed by atoms with Crippen molar-refractivity contribution in [2.24, 2.45) is 5.92 Å². The summed E-state index contributed by atoms with van der Waals surface area (Å²) in [6.07, 6.45) is 6.01. The monoisotopic (exact) mass is 602 g/mol. The van der Waals surface area contributed by atoms with Crippen LogP contribution in [-0.2, 0) is 5.41 Å². The third kappa shape index (κ3) is 3.56. The van der Waals surface area contributed by atoms with Crippen molar-refractivity contribution in [3.05, 3.63) is 167 Å². The molecule has 2 aliphatic rings. The van der Waals surface area contributed by atoms with Gasteiger partial charge in [-0.05, 0) is 77.9 Å². The molecule has 0 spiro atoms. The lowest BCUT2D eigenvalue weighted by molar-refractivity contribution is 0.714. The van der Waals surface area contributed by atoms with Crippen LogP contribution in [0.4, 0.5) is 0 Å². The lowest BCUT2D eigenvalue weighted by Crippen LogP contribution is -2.31. The molecule has 0 bridgehead atoms. The van der Waals surface area contributed by atoms with E-state index in [-0.39, 0.29) is 5.41 Å². The smallest absolute Gasteiger partial charge is 0.0622 e. The lowest BCUT2D eigenvalue weighted by atomic mass is 9.74. The number of hydrogen-bond acceptors (Lipinski definition) is 0. The summed E-state index contributed by atoms with van der Waals surface area (Å²) >= 11 is 0. The van der Waals surface area contributed by atoms with Crippen LogP contribution in [0.15, 0.2) is 140 Å². The second-order valence-corrected chi connectivity index (χ2v) is 13.5. The molecule has 0 saturated carbocycles. The Bertz CT molecular complexity index is 2670. The summed E-state index contributed by atoms with van der Waals surface area (Å²) in [7, 11) is 0. The predicted octanol–water partition coefficient (Wildman–Crippen LogP) is 9.66. The van der Waals surface area contributed by atoms with Crippen LogP contribution in [0.3, 0.4) is 0 Å². The van der Waals surface area contributed by atoms with Crippen LogP contribution in [-0.4, -0.2) is 9.13 Å². The van der Waals surface area contributed by atoms with E-state index in [1.165, 1.54) is 82.5 Å². The van der Waals surface area contributed by atoms with Gasteiger partial charge in [0.05, 0.1) is 16.6 Å². The van der Waals surface area contributed by atoms with Crippen LogP contribution in [0.1, 0.15) is 37.0 Å². The van der Waals surface area contributed by atoms with E-state index in [0.29, 0.717) is 5.92 Å². The summed E-state index contributed by atoms with van der Waals surface area (Å²) in [5.74, 6) is 0.503. The third-order valence-corrected chi connectivity index (χ3v) is 10.9. The van der Waals surface area contributed by atoms with Crippen molar-refractivity contribution in [2.75, 3.05) is 0 Å². The molecule has 0 amide bonds. The number of fused-ring (bicyclic) bond motifs is 10. The fraction of sp³-hybridized carbons (Fsp3) is 0.111. The van der Waals surface area contributed by atoms with Crippen molar-refractivity contribution in [1.29, 1.82) is 0 Å². The van der Waals surface area contributed by atoms with Gasteiger partial charge in [-0.1, -0.05) is 122 Å². The summed E-state index contributed by atoms with van der Waals surface area (Å²) in [6.45, 7) is 4.75. The summed E-state index contributed by atoms with van der Waals surface area (Å²) in [5.41, 5.74) is 12.7. The van der Waals surface area contributed by atoms with Crippen LogP contribution in [0.25, 0.3) is 67.4 Å². The second-order valence-electron chi connectivity index (χ2n) is 13.5. The molecule has 2 aliphatic carbocycles. The first-order valence-corrected chi connectivity index (χ1v) is 16.8. The topological polar surface area (TPSA) is 9.86 Å². The van der Waals surface area contributed by atoms with E-state index in [1.54, 1.807) is 0 Å². The molecule has 2 unspecified atom stereocenters. The van der Waals surface area contributed by atoms with Gasteiger partial charge in [0, 0.05) is 49.1 Å². The number of rotatable bonds is 3. The molecule has 0 radical (unpaired) electrons. The van der Waals surface area contributed by atoms with Crippen molar-refractivity contribution in [1.82, 2.24) is 9.13 Å². The SMILES string of the molecule is CC1C=c2c(n(-c3ccc4c(c3)c3ccccc3n4-c3ccccc3)c3c4c(ccc23)C(C)(c2ccccc2)c2ccccc2-4)=CC1. The van der Waals surface area contributed by atoms with Crippen LogP contribution in [0.5, 0.6) is 0 Å². The van der Waals surface area contributed by atoms with Gasteiger partial charge in [-0.15, -0.1) is 0 Å². The highest BCUT2D eigenvalue weighted by atomic mass is 15.0. The maximum absolute atomic E-state index is 2.58. The van der Waals surface area contributed by atoms with Gasteiger partial charge in [-0.2, -0.15) is 0 Å². The highest BCUT2D eigenvalue weighted by Gasteiger charge is 2.42. The van der Waals surface area contributed by atoms with E-state index in [9.17, 15) is 0 Å². The zero-order valence-electron chi connectivity index (χ0n) is 26.6. The van der Waals surface area contributed by atoms with Gasteiger partial charge in [0.25, 0.3) is 0 Å². The first-order valence-electron chi connectivity index (χ1n) is 16.8. The molecule has 224 valence electrons. The van der Waals surface area contributed by atoms with Crippen molar-refractivity contribution in [3.63, 3.8) is 0 Å². The molecule has 0 fully saturated rings. The van der Waals surface area contributed by atoms with Gasteiger partial charge >= 0.3 is 0 Å². The van der Waals surface area contributed by atoms with Crippen LogP contribution < -0.4 is 10.6 Å². The quantitative estimate of drug-likeness (QED) is 0.191. The number of hydrogen-bond donors (Lipinski definition) is 0. The fourth-order valence-corrected chi connectivity index (χ4v) is 8.72. The highest BCUT2D eigenvalue weighted by molar-refractivity contribution is 6.10. The van der Waals surface area contributed by atoms with E-state index in [0.717, 1.165) is 6.42 Å². The van der Waals surface area contributed by atoms with Gasteiger partial charge in [0.15, 0.2) is 0 Å². The largest absolute Gasteiger partial charge is 0.309 e. The number of benzene rings is 6. The number of para-hydroxylation sites is 2. The first kappa shape index (κ1) is 26.6. The molecule has 10 rings (SSSR count). The molecule has 8 aromatic rings. The van der Waals surface area contributed by atoms with Crippen molar-refractivity contribution in [3.8, 4) is 22.5 Å². The maximum atomic E-state index is 2.58. The van der Waals surface area contributed by atoms with Crippen LogP contribution >= 0.6 is 0 Å². The zero-order chi connectivity index (χ0) is 31.3. The van der Waals surface area contributed by atoms with Gasteiger partial charge in [0.2, 0.25) is 0 Å². The second kappa shape index (κ2) is 9.70. The molecule has 0 aliphatic heterocycles. The summed E-state index contributed by atoms with van der Waals surface area (Å²) in [4.78, 5) is 0. The molecule has 2 heterocycles. The zero-order valence-corrected chi connectivity index (χ0v) is 26.6. The Morgan fingerprint density at radius 3 is 2.17 bits per heavy atom. The minimum Gasteiger partial charge on any atom is -0.309 e. The van der Waals surface area contributed by atoms with Gasteiger partial charge in [-0.25, -0.2) is 0 Å². The summed E-state index contributed by atoms with van der Waals surface area (Å²) in [5, 5.41) is 6.55. The average molecular weight is 603 g/mol. The van der Waals surface area contributed by atoms with Crippen LogP contribution in [0.2, 0.25) is 0 Å². The Morgan fingerprint density at radius 2 is 1.32 bits per heavy atom. The molecule has 0 saturated heterocycles. The van der Waals surface area contributed by atoms with E-state index >= 15 is 0 Å². The molecular weight excluding hydrogens is 569 g/mol. The molecule has 6 aromatic carbocycles. The summed E-state index contributed by atoms with van der Waals surface area (Å²) < 4.78 is 4.98. The standard InChI is InChI=1S/C45H34N2/c1-29-21-25-42-36(27-29)34-23-24-39-43(35-18-9-11-19-38(35)45(39,2)30-13-5-3-6-14-30)44(34)47(42)32-22-26-41-37(28-32)33-17-10-12-20-40(33)46(41)31-15-7-4-8-16-31/h3-20,22-29H,21H2,1-2H3. The van der Waals surface area contributed by atoms with Crippen molar-refractivity contribution in [2.45, 2.75) is 25.7 Å². The molecule has 2 nitrogen and oxygen atoms in total. The normalized spacial score (nSPS) is 18.1. The Kier molecular flexibility index (Phi) is 5.49. The maximum Gasteiger partial charge on any atom is 0.0622 e. The summed E-state index contributed by atoms with van der Waals surface area (Å²) in [6, 6.07) is 51.6. The number of aromatic nitrogens is 2. The molecule has 47 heavy (non-hydrogen) atoms. The van der Waals surface area contributed by atoms with Gasteiger partial charge in [0.1, 0.15) is 0 Å². The minimum absolute atomic E-state index is 0.245. The van der Waals surface area contributed by atoms with E-state index in [2.05, 4.69) is 175 Å². The third-order valence-electron chi connectivity index (χ3n) is 10.9. The Labute approximate surface area is 274 Å². The lowest BCUT2D eigenvalue weighted by Gasteiger charge is -2.28. The number of nitrogens with zero attached hydrogens (tertiary/aromatic N) is 2. The molecular formula is C45H34N2. The Hall–Kier alpha value is -5.60. The highest BCUT2D eigenvalue weighted by Crippen LogP contribution is 2.54.